The van der Waals surface area contributed by atoms with Crippen LogP contribution in [0.2, 0.25) is 0 Å². The van der Waals surface area contributed by atoms with Crippen LogP contribution < -0.4 is 16.8 Å². The minimum Gasteiger partial charge on any atom is -0.329 e. The molecular formula is C14H53N3O30P10. The second-order valence-corrected chi connectivity index (χ2v) is 28.0. The molecule has 25 N–H and O–H groups in total. The van der Waals surface area contributed by atoms with Crippen molar-refractivity contribution in [1.29, 1.82) is 0 Å². The Morgan fingerprint density at radius 1 is 0.246 bits per heavy atom. The maximum Gasteiger partial charge on any atom is 0.326 e. The van der Waals surface area contributed by atoms with Gasteiger partial charge in [-0.2, -0.15) is 0 Å². The number of rotatable bonds is 19. The summed E-state index contributed by atoms with van der Waals surface area (Å²) in [7, 11) is -42.5. The average Bonchev–Trinajstić information content (AvgIpc) is 2.91. The van der Waals surface area contributed by atoms with Crippen molar-refractivity contribution in [2.24, 2.45) is 11.5 Å². The molecule has 0 aliphatic rings. The first-order valence-corrected chi connectivity index (χ1v) is 32.0. The van der Waals surface area contributed by atoms with Crippen LogP contribution in [0.25, 0.3) is 0 Å². The molecule has 0 aliphatic heterocycles. The van der Waals surface area contributed by atoms with Crippen molar-refractivity contribution in [2.45, 2.75) is 0 Å². The highest BCUT2D eigenvalue weighted by molar-refractivity contribution is 7.58. The molecule has 0 bridgehead atoms. The fourth-order valence-electron chi connectivity index (χ4n) is 1.63. The van der Waals surface area contributed by atoms with Crippen LogP contribution in [0.15, 0.2) is 0 Å². The summed E-state index contributed by atoms with van der Waals surface area (Å²) in [5.74, 6) is 0. The summed E-state index contributed by atoms with van der Waals surface area (Å²) in [6, 6.07) is 0. The smallest absolute Gasteiger partial charge is 0.326 e. The van der Waals surface area contributed by atoms with E-state index in [1.54, 1.807) is 0 Å². The van der Waals surface area contributed by atoms with Gasteiger partial charge in [0.05, 0.1) is 61.6 Å². The number of nitrogens with two attached hydrogens (primary N) is 2. The van der Waals surface area contributed by atoms with E-state index in [2.05, 4.69) is 5.32 Å². The Balaban J connectivity index is -0.000000137. The highest BCUT2D eigenvalue weighted by Crippen LogP contribution is 2.45. The monoisotopic (exact) mass is 1050 g/mol. The molecule has 0 heterocycles. The van der Waals surface area contributed by atoms with Gasteiger partial charge in [0.15, 0.2) is 0 Å². The lowest BCUT2D eigenvalue weighted by molar-refractivity contribution is 0.360. The van der Waals surface area contributed by atoms with E-state index >= 15 is 0 Å². The minimum absolute atomic E-state index is 0.694. The Morgan fingerprint density at radius 2 is 0.333 bits per heavy atom. The summed E-state index contributed by atoms with van der Waals surface area (Å²) in [4.78, 5) is 163. The summed E-state index contributed by atoms with van der Waals surface area (Å²) in [6.07, 6.45) is -7.67. The molecule has 43 heteroatoms. The van der Waals surface area contributed by atoms with E-state index in [4.69, 9.17) is 109 Å². The van der Waals surface area contributed by atoms with E-state index in [9.17, 15) is 45.7 Å². The van der Waals surface area contributed by atoms with Gasteiger partial charge in [-0.25, -0.2) is 0 Å². The summed E-state index contributed by atoms with van der Waals surface area (Å²) < 4.78 is 100. The third kappa shape index (κ3) is 108. The van der Waals surface area contributed by atoms with Gasteiger partial charge in [0, 0.05) is 26.2 Å². The first kappa shape index (κ1) is 70.1. The van der Waals surface area contributed by atoms with Gasteiger partial charge in [0.1, 0.15) is 0 Å². The first-order chi connectivity index (χ1) is 24.4. The van der Waals surface area contributed by atoms with Gasteiger partial charge in [-0.05, 0) is 0 Å². The number of nitrogens with one attached hydrogen (secondary N) is 1. The Bertz CT molecular complexity index is 1180. The molecule has 0 fully saturated rings. The van der Waals surface area contributed by atoms with Crippen molar-refractivity contribution in [2.75, 3.05) is 87.8 Å². The second-order valence-electron chi connectivity index (χ2n) is 10.2. The summed E-state index contributed by atoms with van der Waals surface area (Å²) in [5.41, 5.74) is 10.3. The van der Waals surface area contributed by atoms with E-state index in [0.717, 1.165) is 13.1 Å². The van der Waals surface area contributed by atoms with Crippen LogP contribution in [0.5, 0.6) is 0 Å². The zero-order valence-corrected chi connectivity index (χ0v) is 38.0. The quantitative estimate of drug-likeness (QED) is 0.0426. The maximum absolute atomic E-state index is 10.0. The first-order valence-electron chi connectivity index (χ1n) is 14.0. The molecule has 0 spiro atoms. The normalized spacial score (nSPS) is 13.1. The van der Waals surface area contributed by atoms with E-state index in [-0.39, 0.29) is 0 Å². The molecule has 33 nitrogen and oxygen atoms in total. The van der Waals surface area contributed by atoms with Crippen LogP contribution >= 0.6 is 76.0 Å². The van der Waals surface area contributed by atoms with Crippen molar-refractivity contribution in [3.63, 3.8) is 0 Å². The van der Waals surface area contributed by atoms with Gasteiger partial charge >= 0.3 is 76.0 Å². The Hall–Kier alpha value is 1.38. The molecule has 57 heavy (non-hydrogen) atoms. The van der Waals surface area contributed by atoms with Gasteiger partial charge in [0.2, 0.25) is 0 Å². The zero-order valence-electron chi connectivity index (χ0n) is 29.1. The topological polar surface area (TPSA) is 639 Å². The molecule has 354 valence electrons. The van der Waals surface area contributed by atoms with Crippen molar-refractivity contribution in [1.82, 2.24) is 5.32 Å². The molecule has 0 aromatic carbocycles. The molecule has 0 amide bonds. The van der Waals surface area contributed by atoms with Crippen LogP contribution in [0.4, 0.5) is 0 Å². The average molecular weight is 1050 g/mol. The lowest BCUT2D eigenvalue weighted by Gasteiger charge is -2.03. The molecule has 0 saturated carbocycles. The molecule has 0 aliphatic carbocycles. The van der Waals surface area contributed by atoms with Gasteiger partial charge in [-0.3, -0.25) is 45.7 Å². The standard InChI is InChI=1S/C4H13N3.5C2H8O6P2/c5-1-3-7-4-2-6;5*3-9(4,5)1-2-10(6,7)8/h7H,1-6H2;5*1-2H2,(H2,3,4,5)(H2,6,7,8). The van der Waals surface area contributed by atoms with Gasteiger partial charge in [-0.1, -0.05) is 0 Å². The Kier molecular flexibility index (Phi) is 38.4. The van der Waals surface area contributed by atoms with Crippen LogP contribution in [-0.4, -0.2) is 186 Å². The van der Waals surface area contributed by atoms with Crippen molar-refractivity contribution in [3.8, 4) is 0 Å². The second kappa shape index (κ2) is 31.3. The molecule has 0 rings (SSSR count). The predicted octanol–water partition coefficient (Wildman–Crippen LogP) is -4.80. The largest absolute Gasteiger partial charge is 0.329 e. The maximum atomic E-state index is 10.0. The highest BCUT2D eigenvalue weighted by atomic mass is 31.2. The summed E-state index contributed by atoms with van der Waals surface area (Å²) in [6.45, 7) is 3.13. The molecule has 0 radical (unpaired) electrons. The van der Waals surface area contributed by atoms with Crippen molar-refractivity contribution >= 4 is 76.0 Å². The van der Waals surface area contributed by atoms with Crippen molar-refractivity contribution < 1.29 is 144 Å². The molecule has 0 unspecified atom stereocenters. The fraction of sp³-hybridized carbons (Fsp3) is 1.00. The van der Waals surface area contributed by atoms with Crippen LogP contribution in [0.3, 0.4) is 0 Å². The van der Waals surface area contributed by atoms with E-state index in [0.29, 0.717) is 13.1 Å². The highest BCUT2D eigenvalue weighted by Gasteiger charge is 2.24. The summed E-state index contributed by atoms with van der Waals surface area (Å²) in [5, 5.41) is 3.03. The van der Waals surface area contributed by atoms with Crippen LogP contribution in [-0.2, 0) is 45.7 Å². The zero-order chi connectivity index (χ0) is 47.6. The molecule has 0 aromatic rings. The van der Waals surface area contributed by atoms with E-state index in [1.807, 2.05) is 0 Å². The molecule has 0 aromatic heterocycles. The Morgan fingerprint density at radius 3 is 0.386 bits per heavy atom. The Labute approximate surface area is 323 Å². The third-order valence-electron chi connectivity index (χ3n) is 4.06. The predicted molar refractivity (Wildman–Crippen MR) is 200 cm³/mol. The van der Waals surface area contributed by atoms with E-state index in [1.165, 1.54) is 0 Å². The third-order valence-corrected chi connectivity index (χ3v) is 13.9. The number of hydrogen-bond donors (Lipinski definition) is 23. The SMILES string of the molecule is NCCNCCN.O=P(O)(O)CCP(=O)(O)O.O=P(O)(O)CCP(=O)(O)O.O=P(O)(O)CCP(=O)(O)O.O=P(O)(O)CCP(=O)(O)O.O=P(O)(O)CCP(=O)(O)O. The molecular weight excluding hydrogens is 1000 g/mol. The number of hydrogen-bond acceptors (Lipinski definition) is 13. The fourth-order valence-corrected chi connectivity index (χ4v) is 12.1. The van der Waals surface area contributed by atoms with Gasteiger partial charge < -0.3 is 115 Å². The summed E-state index contributed by atoms with van der Waals surface area (Å²) >= 11 is 0. The van der Waals surface area contributed by atoms with E-state index < -0.39 is 138 Å². The lowest BCUT2D eigenvalue weighted by atomic mass is 10.6. The van der Waals surface area contributed by atoms with Crippen molar-refractivity contribution in [3.05, 3.63) is 0 Å². The van der Waals surface area contributed by atoms with Crippen LogP contribution in [0.1, 0.15) is 0 Å². The minimum atomic E-state index is -4.25. The van der Waals surface area contributed by atoms with Crippen LogP contribution in [0, 0.1) is 0 Å². The van der Waals surface area contributed by atoms with Gasteiger partial charge in [-0.15, -0.1) is 0 Å². The molecule has 0 atom stereocenters. The van der Waals surface area contributed by atoms with Gasteiger partial charge in [0.25, 0.3) is 0 Å². The molecule has 0 saturated heterocycles. The lowest BCUT2D eigenvalue weighted by Crippen LogP contribution is -2.27.